The lowest BCUT2D eigenvalue weighted by Gasteiger charge is -2.29. The molecule has 0 saturated carbocycles. The molecule has 1 aromatic heterocycles. The van der Waals surface area contributed by atoms with Crippen molar-refractivity contribution in [2.45, 2.75) is 26.3 Å². The molecule has 2 aromatic carbocycles. The summed E-state index contributed by atoms with van der Waals surface area (Å²) in [5.41, 5.74) is 2.69. The van der Waals surface area contributed by atoms with E-state index < -0.39 is 17.7 Å². The van der Waals surface area contributed by atoms with Crippen LogP contribution in [0.2, 0.25) is 0 Å². The van der Waals surface area contributed by atoms with Gasteiger partial charge in [-0.15, -0.1) is 0 Å². The number of likely N-dealkylation sites (tertiary alicyclic amines) is 1. The molecule has 1 amide bonds. The molecular weight excluding hydrogens is 496 g/mol. The van der Waals surface area contributed by atoms with Crippen LogP contribution in [0.5, 0.6) is 5.75 Å². The van der Waals surface area contributed by atoms with Crippen molar-refractivity contribution in [3.63, 3.8) is 0 Å². The number of carbonyl (C=O) groups excluding carboxylic acids is 2. The second-order valence-electron chi connectivity index (χ2n) is 9.70. The standard InChI is InChI=1S/C30H34N4O5/c1-3-39-24-12-7-9-22(19-24)27-26(28(35)25-20-31-34(21(25)2)23-10-5-4-6-11-23)29(36)30(37)33(27)14-8-13-32-15-17-38-18-16-32/h4-7,9-12,19-20,27,35H,3,8,13-18H2,1-2H3/b28-26+. The van der Waals surface area contributed by atoms with E-state index in [1.165, 1.54) is 6.20 Å². The number of aromatic nitrogens is 2. The lowest BCUT2D eigenvalue weighted by Crippen LogP contribution is -2.38. The van der Waals surface area contributed by atoms with E-state index in [-0.39, 0.29) is 11.3 Å². The Bertz CT molecular complexity index is 1360. The maximum absolute atomic E-state index is 13.5. The predicted octanol–water partition coefficient (Wildman–Crippen LogP) is 3.72. The van der Waals surface area contributed by atoms with Gasteiger partial charge in [0.2, 0.25) is 0 Å². The van der Waals surface area contributed by atoms with Crippen LogP contribution < -0.4 is 4.74 Å². The molecule has 1 unspecified atom stereocenters. The zero-order valence-corrected chi connectivity index (χ0v) is 22.4. The molecule has 2 aliphatic heterocycles. The number of benzene rings is 2. The van der Waals surface area contributed by atoms with Crippen molar-refractivity contribution >= 4 is 17.4 Å². The fourth-order valence-corrected chi connectivity index (χ4v) is 5.30. The van der Waals surface area contributed by atoms with E-state index in [0.717, 1.165) is 25.3 Å². The summed E-state index contributed by atoms with van der Waals surface area (Å²) in [5, 5.41) is 16.0. The number of amides is 1. The van der Waals surface area contributed by atoms with Crippen LogP contribution in [0.15, 0.2) is 66.4 Å². The number of carbonyl (C=O) groups is 2. The maximum Gasteiger partial charge on any atom is 0.295 e. The first-order valence-electron chi connectivity index (χ1n) is 13.4. The smallest absolute Gasteiger partial charge is 0.295 e. The van der Waals surface area contributed by atoms with Crippen LogP contribution in [0, 0.1) is 6.92 Å². The lowest BCUT2D eigenvalue weighted by molar-refractivity contribution is -0.140. The highest BCUT2D eigenvalue weighted by Gasteiger charge is 2.46. The fourth-order valence-electron chi connectivity index (χ4n) is 5.30. The Kier molecular flexibility index (Phi) is 8.09. The van der Waals surface area contributed by atoms with Crippen molar-refractivity contribution in [3.8, 4) is 11.4 Å². The van der Waals surface area contributed by atoms with Crippen molar-refractivity contribution in [1.82, 2.24) is 19.6 Å². The van der Waals surface area contributed by atoms with Gasteiger partial charge in [0.15, 0.2) is 0 Å². The molecule has 5 rings (SSSR count). The third kappa shape index (κ3) is 5.46. The Morgan fingerprint density at radius 1 is 1.08 bits per heavy atom. The molecule has 0 radical (unpaired) electrons. The van der Waals surface area contributed by atoms with Gasteiger partial charge in [-0.2, -0.15) is 5.10 Å². The van der Waals surface area contributed by atoms with Gasteiger partial charge in [0, 0.05) is 26.2 Å². The molecule has 1 atom stereocenters. The summed E-state index contributed by atoms with van der Waals surface area (Å²) in [6, 6.07) is 16.2. The summed E-state index contributed by atoms with van der Waals surface area (Å²) < 4.78 is 12.9. The van der Waals surface area contributed by atoms with Crippen LogP contribution in [-0.2, 0) is 14.3 Å². The van der Waals surface area contributed by atoms with Crippen molar-refractivity contribution in [2.24, 2.45) is 0 Å². The van der Waals surface area contributed by atoms with E-state index >= 15 is 0 Å². The zero-order valence-electron chi connectivity index (χ0n) is 22.4. The molecule has 3 aromatic rings. The Morgan fingerprint density at radius 2 is 1.85 bits per heavy atom. The maximum atomic E-state index is 13.5. The number of nitrogens with zero attached hydrogens (tertiary/aromatic N) is 4. The summed E-state index contributed by atoms with van der Waals surface area (Å²) in [4.78, 5) is 30.7. The average Bonchev–Trinajstić information content (AvgIpc) is 3.47. The highest BCUT2D eigenvalue weighted by atomic mass is 16.5. The number of hydrogen-bond donors (Lipinski definition) is 1. The van der Waals surface area contributed by atoms with Gasteiger partial charge in [0.1, 0.15) is 11.5 Å². The number of para-hydroxylation sites is 1. The van der Waals surface area contributed by atoms with Gasteiger partial charge in [-0.05, 0) is 50.1 Å². The van der Waals surface area contributed by atoms with Crippen LogP contribution in [0.4, 0.5) is 0 Å². The predicted molar refractivity (Wildman–Crippen MR) is 147 cm³/mol. The lowest BCUT2D eigenvalue weighted by atomic mass is 9.95. The number of aliphatic hydroxyl groups excluding tert-OH is 1. The van der Waals surface area contributed by atoms with Crippen LogP contribution in [-0.4, -0.2) is 82.4 Å². The molecule has 39 heavy (non-hydrogen) atoms. The Balaban J connectivity index is 1.52. The number of ether oxygens (including phenoxy) is 2. The monoisotopic (exact) mass is 530 g/mol. The van der Waals surface area contributed by atoms with Gasteiger partial charge in [-0.1, -0.05) is 30.3 Å². The Labute approximate surface area is 228 Å². The average molecular weight is 531 g/mol. The molecule has 0 spiro atoms. The van der Waals surface area contributed by atoms with Crippen LogP contribution in [0.1, 0.15) is 36.2 Å². The van der Waals surface area contributed by atoms with E-state index in [4.69, 9.17) is 9.47 Å². The first-order chi connectivity index (χ1) is 19.0. The number of ketones is 1. The molecule has 204 valence electrons. The normalized spacial score (nSPS) is 19.5. The number of aliphatic hydroxyl groups is 1. The SMILES string of the molecule is CCOc1cccc(C2/C(=C(\O)c3cnn(-c4ccccc4)c3C)C(=O)C(=O)N2CCCN2CCOCC2)c1. The molecule has 1 N–H and O–H groups in total. The van der Waals surface area contributed by atoms with E-state index in [0.29, 0.717) is 55.4 Å². The fraction of sp³-hybridized carbons (Fsp3) is 0.367. The van der Waals surface area contributed by atoms with Crippen molar-refractivity contribution in [2.75, 3.05) is 46.0 Å². The van der Waals surface area contributed by atoms with E-state index in [9.17, 15) is 14.7 Å². The third-order valence-electron chi connectivity index (χ3n) is 7.27. The largest absolute Gasteiger partial charge is 0.507 e. The molecular formula is C30H34N4O5. The van der Waals surface area contributed by atoms with Gasteiger partial charge < -0.3 is 19.5 Å². The first-order valence-corrected chi connectivity index (χ1v) is 13.4. The second-order valence-corrected chi connectivity index (χ2v) is 9.70. The van der Waals surface area contributed by atoms with Gasteiger partial charge in [0.05, 0.1) is 54.6 Å². The quantitative estimate of drug-likeness (QED) is 0.256. The highest BCUT2D eigenvalue weighted by molar-refractivity contribution is 6.46. The topological polar surface area (TPSA) is 97.1 Å². The minimum Gasteiger partial charge on any atom is -0.507 e. The summed E-state index contributed by atoms with van der Waals surface area (Å²) in [6.07, 6.45) is 2.23. The summed E-state index contributed by atoms with van der Waals surface area (Å²) in [5.74, 6) is -0.895. The molecule has 3 heterocycles. The molecule has 0 bridgehead atoms. The van der Waals surface area contributed by atoms with Crippen molar-refractivity contribution < 1.29 is 24.2 Å². The van der Waals surface area contributed by atoms with Crippen LogP contribution in [0.3, 0.4) is 0 Å². The molecule has 2 fully saturated rings. The number of morpholine rings is 1. The van der Waals surface area contributed by atoms with Crippen molar-refractivity contribution in [3.05, 3.63) is 83.2 Å². The number of hydrogen-bond acceptors (Lipinski definition) is 7. The minimum absolute atomic E-state index is 0.0655. The summed E-state index contributed by atoms with van der Waals surface area (Å²) in [6.45, 7) is 8.49. The Morgan fingerprint density at radius 3 is 2.59 bits per heavy atom. The molecule has 9 nitrogen and oxygen atoms in total. The second kappa shape index (κ2) is 11.8. The summed E-state index contributed by atoms with van der Waals surface area (Å²) >= 11 is 0. The summed E-state index contributed by atoms with van der Waals surface area (Å²) in [7, 11) is 0. The molecule has 2 aliphatic rings. The van der Waals surface area contributed by atoms with Gasteiger partial charge in [0.25, 0.3) is 11.7 Å². The number of Topliss-reactive ketones (excluding diaryl/α,β-unsaturated/α-hetero) is 1. The van der Waals surface area contributed by atoms with Crippen LogP contribution in [0.25, 0.3) is 11.4 Å². The van der Waals surface area contributed by atoms with Gasteiger partial charge in [-0.3, -0.25) is 14.5 Å². The van der Waals surface area contributed by atoms with Gasteiger partial charge >= 0.3 is 0 Å². The van der Waals surface area contributed by atoms with E-state index in [1.807, 2.05) is 68.4 Å². The zero-order chi connectivity index (χ0) is 27.4. The minimum atomic E-state index is -0.741. The highest BCUT2D eigenvalue weighted by Crippen LogP contribution is 2.41. The third-order valence-corrected chi connectivity index (χ3v) is 7.27. The van der Waals surface area contributed by atoms with Crippen molar-refractivity contribution in [1.29, 1.82) is 0 Å². The van der Waals surface area contributed by atoms with Gasteiger partial charge in [-0.25, -0.2) is 4.68 Å². The number of rotatable bonds is 9. The van der Waals surface area contributed by atoms with E-state index in [1.54, 1.807) is 9.58 Å². The van der Waals surface area contributed by atoms with E-state index in [2.05, 4.69) is 10.00 Å². The molecule has 0 aliphatic carbocycles. The molecule has 9 heteroatoms. The van der Waals surface area contributed by atoms with Crippen LogP contribution >= 0.6 is 0 Å². The Hall–Kier alpha value is -3.95. The first kappa shape index (κ1) is 26.6. The molecule has 2 saturated heterocycles.